The molecule has 3 aromatic rings. The molecule has 154 valence electrons. The highest BCUT2D eigenvalue weighted by atomic mass is 32.2. The van der Waals surface area contributed by atoms with Gasteiger partial charge >= 0.3 is 0 Å². The number of carbonyl (C=O) groups is 1. The van der Waals surface area contributed by atoms with E-state index in [2.05, 4.69) is 20.3 Å². The summed E-state index contributed by atoms with van der Waals surface area (Å²) < 4.78 is 39.9. The first kappa shape index (κ1) is 21.6. The highest BCUT2D eigenvalue weighted by Crippen LogP contribution is 2.19. The topological polar surface area (TPSA) is 100 Å². The first-order valence-corrected chi connectivity index (χ1v) is 11.2. The molecule has 2 aromatic carbocycles. The molecule has 7 nitrogen and oxygen atoms in total. The number of anilines is 2. The minimum Gasteiger partial charge on any atom is -0.332 e. The van der Waals surface area contributed by atoms with E-state index in [0.717, 1.165) is 0 Å². The van der Waals surface area contributed by atoms with Crippen molar-refractivity contribution in [3.63, 3.8) is 0 Å². The third kappa shape index (κ3) is 6.17. The SMILES string of the molecule is O=C(/C=C\c1ccc(F)cc1)NC(=S)Nc1ccc(S(=O)(=O)Nc2nccs2)cc1. The maximum absolute atomic E-state index is 12.9. The van der Waals surface area contributed by atoms with Crippen LogP contribution in [0.4, 0.5) is 15.2 Å². The fourth-order valence-electron chi connectivity index (χ4n) is 2.23. The Bertz CT molecular complexity index is 1160. The summed E-state index contributed by atoms with van der Waals surface area (Å²) in [5, 5.41) is 7.24. The van der Waals surface area contributed by atoms with Gasteiger partial charge in [-0.2, -0.15) is 0 Å². The van der Waals surface area contributed by atoms with E-state index in [1.165, 1.54) is 78.2 Å². The average molecular weight is 463 g/mol. The third-order valence-electron chi connectivity index (χ3n) is 3.61. The second-order valence-corrected chi connectivity index (χ2v) is 8.78. The Balaban J connectivity index is 1.55. The molecule has 0 radical (unpaired) electrons. The van der Waals surface area contributed by atoms with Crippen LogP contribution < -0.4 is 15.4 Å². The number of rotatable bonds is 6. The Morgan fingerprint density at radius 2 is 1.80 bits per heavy atom. The summed E-state index contributed by atoms with van der Waals surface area (Å²) >= 11 is 6.25. The van der Waals surface area contributed by atoms with E-state index in [9.17, 15) is 17.6 Å². The molecule has 0 saturated heterocycles. The molecule has 1 aromatic heterocycles. The van der Waals surface area contributed by atoms with E-state index in [0.29, 0.717) is 11.3 Å². The maximum atomic E-state index is 12.9. The number of nitrogens with zero attached hydrogens (tertiary/aromatic N) is 1. The molecule has 0 unspecified atom stereocenters. The van der Waals surface area contributed by atoms with E-state index in [-0.39, 0.29) is 21.0 Å². The monoisotopic (exact) mass is 462 g/mol. The first-order chi connectivity index (χ1) is 14.3. The molecule has 0 bridgehead atoms. The molecule has 0 aliphatic rings. The van der Waals surface area contributed by atoms with E-state index >= 15 is 0 Å². The molecule has 0 spiro atoms. The normalized spacial score (nSPS) is 11.2. The van der Waals surface area contributed by atoms with Gasteiger partial charge in [0.15, 0.2) is 10.2 Å². The van der Waals surface area contributed by atoms with Crippen LogP contribution in [0.15, 0.2) is 71.1 Å². The molecule has 3 rings (SSSR count). The van der Waals surface area contributed by atoms with Crippen LogP contribution in [-0.2, 0) is 14.8 Å². The lowest BCUT2D eigenvalue weighted by atomic mass is 10.2. The van der Waals surface area contributed by atoms with Crippen molar-refractivity contribution < 1.29 is 17.6 Å². The summed E-state index contributed by atoms with van der Waals surface area (Å²) in [6.07, 6.45) is 4.29. The lowest BCUT2D eigenvalue weighted by Gasteiger charge is -2.09. The molecule has 0 aliphatic carbocycles. The molecule has 1 amide bonds. The quantitative estimate of drug-likeness (QED) is 0.382. The summed E-state index contributed by atoms with van der Waals surface area (Å²) in [7, 11) is -3.75. The Labute approximate surface area is 181 Å². The Morgan fingerprint density at radius 3 is 2.43 bits per heavy atom. The predicted octanol–water partition coefficient (Wildman–Crippen LogP) is 3.61. The van der Waals surface area contributed by atoms with Crippen molar-refractivity contribution in [2.45, 2.75) is 4.90 Å². The lowest BCUT2D eigenvalue weighted by molar-refractivity contribution is -0.115. The van der Waals surface area contributed by atoms with Crippen LogP contribution >= 0.6 is 23.6 Å². The number of amides is 1. The Morgan fingerprint density at radius 1 is 1.10 bits per heavy atom. The summed E-state index contributed by atoms with van der Waals surface area (Å²) in [5.74, 6) is -0.830. The van der Waals surface area contributed by atoms with Gasteiger partial charge in [-0.25, -0.2) is 17.8 Å². The number of thiazole rings is 1. The van der Waals surface area contributed by atoms with Crippen LogP contribution in [0.5, 0.6) is 0 Å². The molecule has 0 saturated carbocycles. The zero-order chi connectivity index (χ0) is 21.6. The Kier molecular flexibility index (Phi) is 6.87. The number of benzene rings is 2. The van der Waals surface area contributed by atoms with Crippen molar-refractivity contribution in [1.82, 2.24) is 10.3 Å². The highest BCUT2D eigenvalue weighted by Gasteiger charge is 2.15. The number of hydrogen-bond donors (Lipinski definition) is 3. The van der Waals surface area contributed by atoms with Crippen molar-refractivity contribution in [2.75, 3.05) is 10.0 Å². The summed E-state index contributed by atoms with van der Waals surface area (Å²) in [5.41, 5.74) is 1.16. The molecule has 30 heavy (non-hydrogen) atoms. The van der Waals surface area contributed by atoms with E-state index in [4.69, 9.17) is 12.2 Å². The molecule has 3 N–H and O–H groups in total. The van der Waals surface area contributed by atoms with Gasteiger partial charge in [0.05, 0.1) is 4.90 Å². The van der Waals surface area contributed by atoms with Gasteiger partial charge in [-0.05, 0) is 60.3 Å². The second-order valence-electron chi connectivity index (χ2n) is 5.80. The van der Waals surface area contributed by atoms with Gasteiger partial charge in [0.2, 0.25) is 5.91 Å². The number of thiocarbonyl (C=S) groups is 1. The van der Waals surface area contributed by atoms with Crippen molar-refractivity contribution >= 4 is 61.5 Å². The molecule has 1 heterocycles. The van der Waals surface area contributed by atoms with Gasteiger partial charge in [0, 0.05) is 23.3 Å². The molecule has 11 heteroatoms. The van der Waals surface area contributed by atoms with Gasteiger partial charge in [0.1, 0.15) is 5.82 Å². The number of aromatic nitrogens is 1. The smallest absolute Gasteiger partial charge is 0.263 e. The number of hydrogen-bond acceptors (Lipinski definition) is 6. The standard InChI is InChI=1S/C19H15FN4O3S3/c20-14-4-1-13(2-5-14)3-10-17(25)23-18(28)22-15-6-8-16(9-7-15)30(26,27)24-19-21-11-12-29-19/h1-12H,(H,21,24)(H2,22,23,25,28)/b10-3-. The van der Waals surface area contributed by atoms with Crippen LogP contribution in [0, 0.1) is 5.82 Å². The van der Waals surface area contributed by atoms with Gasteiger partial charge in [-0.3, -0.25) is 14.8 Å². The zero-order valence-electron chi connectivity index (χ0n) is 15.2. The van der Waals surface area contributed by atoms with Crippen LogP contribution in [0.1, 0.15) is 5.56 Å². The van der Waals surface area contributed by atoms with Crippen molar-refractivity contribution in [2.24, 2.45) is 0 Å². The predicted molar refractivity (Wildman–Crippen MR) is 119 cm³/mol. The minimum atomic E-state index is -3.75. The Hall–Kier alpha value is -3.15. The highest BCUT2D eigenvalue weighted by molar-refractivity contribution is 7.93. The van der Waals surface area contributed by atoms with Crippen LogP contribution in [0.2, 0.25) is 0 Å². The fourth-order valence-corrected chi connectivity index (χ4v) is 4.23. The lowest BCUT2D eigenvalue weighted by Crippen LogP contribution is -2.32. The van der Waals surface area contributed by atoms with Crippen LogP contribution in [0.3, 0.4) is 0 Å². The van der Waals surface area contributed by atoms with Crippen molar-refractivity contribution in [3.8, 4) is 0 Å². The number of nitrogens with one attached hydrogen (secondary N) is 3. The van der Waals surface area contributed by atoms with Crippen LogP contribution in [-0.4, -0.2) is 24.4 Å². The summed E-state index contributed by atoms with van der Waals surface area (Å²) in [6.45, 7) is 0. The maximum Gasteiger partial charge on any atom is 0.263 e. The summed E-state index contributed by atoms with van der Waals surface area (Å²) in [6, 6.07) is 11.5. The van der Waals surface area contributed by atoms with E-state index in [1.54, 1.807) is 5.38 Å². The molecular weight excluding hydrogens is 447 g/mol. The van der Waals surface area contributed by atoms with Gasteiger partial charge in [-0.15, -0.1) is 11.3 Å². The summed E-state index contributed by atoms with van der Waals surface area (Å²) in [4.78, 5) is 15.9. The van der Waals surface area contributed by atoms with E-state index < -0.39 is 15.9 Å². The third-order valence-corrected chi connectivity index (χ3v) is 5.99. The number of carbonyl (C=O) groups excluding carboxylic acids is 1. The molecular formula is C19H15FN4O3S3. The molecule has 0 aliphatic heterocycles. The van der Waals surface area contributed by atoms with Gasteiger partial charge < -0.3 is 5.32 Å². The second kappa shape index (κ2) is 9.57. The zero-order valence-corrected chi connectivity index (χ0v) is 17.7. The molecule has 0 fully saturated rings. The van der Waals surface area contributed by atoms with Crippen LogP contribution in [0.25, 0.3) is 6.08 Å². The molecule has 0 atom stereocenters. The number of halogens is 1. The van der Waals surface area contributed by atoms with Gasteiger partial charge in [0.25, 0.3) is 10.0 Å². The largest absolute Gasteiger partial charge is 0.332 e. The average Bonchev–Trinajstić information content (AvgIpc) is 3.20. The van der Waals surface area contributed by atoms with E-state index in [1.807, 2.05) is 0 Å². The van der Waals surface area contributed by atoms with Crippen molar-refractivity contribution in [1.29, 1.82) is 0 Å². The minimum absolute atomic E-state index is 0.0419. The fraction of sp³-hybridized carbons (Fsp3) is 0. The first-order valence-electron chi connectivity index (χ1n) is 8.40. The number of sulfonamides is 1. The van der Waals surface area contributed by atoms with Gasteiger partial charge in [-0.1, -0.05) is 12.1 Å². The van der Waals surface area contributed by atoms with Crippen molar-refractivity contribution in [3.05, 3.63) is 77.6 Å².